The molecule has 0 unspecified atom stereocenters. The summed E-state index contributed by atoms with van der Waals surface area (Å²) < 4.78 is 1.74. The first kappa shape index (κ1) is 8.95. The third kappa shape index (κ3) is 1.20. The number of hydrogen-bond donors (Lipinski definition) is 1. The molecule has 2 aliphatic carbocycles. The predicted molar refractivity (Wildman–Crippen MR) is 53.9 cm³/mol. The first-order valence-electron chi connectivity index (χ1n) is 5.39. The van der Waals surface area contributed by atoms with Crippen molar-refractivity contribution in [2.75, 3.05) is 0 Å². The van der Waals surface area contributed by atoms with E-state index in [-0.39, 0.29) is 5.69 Å². The molecular weight excluding hydrogens is 192 g/mol. The number of carbonyl (C=O) groups is 1. The Kier molecular flexibility index (Phi) is 1.56. The minimum Gasteiger partial charge on any atom is -0.476 e. The van der Waals surface area contributed by atoms with Gasteiger partial charge in [0.1, 0.15) is 0 Å². The molecule has 1 N–H and O–H groups in total. The van der Waals surface area contributed by atoms with E-state index < -0.39 is 5.97 Å². The highest BCUT2D eigenvalue weighted by Crippen LogP contribution is 2.55. The quantitative estimate of drug-likeness (QED) is 0.755. The van der Waals surface area contributed by atoms with Crippen molar-refractivity contribution in [3.8, 4) is 0 Å². The Morgan fingerprint density at radius 3 is 2.80 bits per heavy atom. The summed E-state index contributed by atoms with van der Waals surface area (Å²) in [4.78, 5) is 11.0. The van der Waals surface area contributed by atoms with Crippen molar-refractivity contribution in [1.82, 2.24) is 9.78 Å². The van der Waals surface area contributed by atoms with Gasteiger partial charge in [-0.15, -0.1) is 0 Å². The van der Waals surface area contributed by atoms with Gasteiger partial charge < -0.3 is 5.11 Å². The maximum Gasteiger partial charge on any atom is 0.356 e. The fourth-order valence-electron chi connectivity index (χ4n) is 2.72. The molecule has 4 nitrogen and oxygen atoms in total. The average Bonchev–Trinajstić information content (AvgIpc) is 2.84. The van der Waals surface area contributed by atoms with E-state index in [1.165, 1.54) is 19.3 Å². The topological polar surface area (TPSA) is 55.1 Å². The second kappa shape index (κ2) is 2.62. The zero-order valence-electron chi connectivity index (χ0n) is 8.79. The normalized spacial score (nSPS) is 21.4. The van der Waals surface area contributed by atoms with Crippen molar-refractivity contribution >= 4 is 5.97 Å². The first-order chi connectivity index (χ1) is 7.11. The van der Waals surface area contributed by atoms with E-state index >= 15 is 0 Å². The van der Waals surface area contributed by atoms with Gasteiger partial charge in [0.2, 0.25) is 0 Å². The largest absolute Gasteiger partial charge is 0.476 e. The molecule has 1 heterocycles. The molecule has 1 aromatic rings. The summed E-state index contributed by atoms with van der Waals surface area (Å²) in [5.41, 5.74) is 2.84. The van der Waals surface area contributed by atoms with E-state index in [2.05, 4.69) is 5.10 Å². The van der Waals surface area contributed by atoms with E-state index in [1.807, 2.05) is 7.05 Å². The number of fused-ring (bicyclic) bond motifs is 1. The Hall–Kier alpha value is -1.32. The van der Waals surface area contributed by atoms with E-state index in [0.717, 1.165) is 24.1 Å². The number of rotatable bonds is 1. The molecule has 1 fully saturated rings. The molecule has 2 aliphatic rings. The lowest BCUT2D eigenvalue weighted by atomic mass is 9.84. The molecule has 0 aliphatic heterocycles. The minimum absolute atomic E-state index is 0.276. The molecule has 80 valence electrons. The van der Waals surface area contributed by atoms with Crippen LogP contribution in [-0.2, 0) is 19.9 Å². The SMILES string of the molecule is Cn1nc(C(=O)O)c2c1CCC1(CC1)C2. The van der Waals surface area contributed by atoms with Crippen LogP contribution in [-0.4, -0.2) is 20.9 Å². The predicted octanol–water partition coefficient (Wildman–Crippen LogP) is 1.39. The second-order valence-corrected chi connectivity index (χ2v) is 4.88. The lowest BCUT2D eigenvalue weighted by Gasteiger charge is -2.21. The summed E-state index contributed by atoms with van der Waals surface area (Å²) in [6, 6.07) is 0. The summed E-state index contributed by atoms with van der Waals surface area (Å²) >= 11 is 0. The molecule has 1 spiro atoms. The molecule has 0 atom stereocenters. The maximum absolute atomic E-state index is 11.0. The van der Waals surface area contributed by atoms with Crippen LogP contribution in [0.3, 0.4) is 0 Å². The standard InChI is InChI=1S/C11H14N2O2/c1-13-8-2-3-11(4-5-11)6-7(8)9(12-13)10(14)15/h2-6H2,1H3,(H,14,15). The molecule has 3 rings (SSSR count). The molecule has 0 aromatic carbocycles. The number of hydrogen-bond acceptors (Lipinski definition) is 2. The minimum atomic E-state index is -0.885. The Morgan fingerprint density at radius 2 is 2.20 bits per heavy atom. The number of nitrogens with zero attached hydrogens (tertiary/aromatic N) is 2. The van der Waals surface area contributed by atoms with Gasteiger partial charge >= 0.3 is 5.97 Å². The van der Waals surface area contributed by atoms with E-state index in [1.54, 1.807) is 4.68 Å². The molecule has 1 saturated carbocycles. The number of aromatic carboxylic acids is 1. The molecule has 0 saturated heterocycles. The van der Waals surface area contributed by atoms with Gasteiger partial charge in [-0.1, -0.05) is 0 Å². The van der Waals surface area contributed by atoms with Crippen molar-refractivity contribution < 1.29 is 9.90 Å². The molecule has 0 radical (unpaired) electrons. The summed E-state index contributed by atoms with van der Waals surface area (Å²) in [7, 11) is 1.84. The van der Waals surface area contributed by atoms with Gasteiger partial charge in [-0.25, -0.2) is 4.79 Å². The van der Waals surface area contributed by atoms with Gasteiger partial charge in [-0.05, 0) is 37.5 Å². The van der Waals surface area contributed by atoms with Crippen LogP contribution in [0.4, 0.5) is 0 Å². The lowest BCUT2D eigenvalue weighted by Crippen LogP contribution is -2.17. The molecular formula is C11H14N2O2. The number of aromatic nitrogens is 2. The van der Waals surface area contributed by atoms with E-state index in [4.69, 9.17) is 5.11 Å². The highest BCUT2D eigenvalue weighted by atomic mass is 16.4. The van der Waals surface area contributed by atoms with Crippen molar-refractivity contribution in [3.05, 3.63) is 17.0 Å². The third-order valence-electron chi connectivity index (χ3n) is 3.88. The third-order valence-corrected chi connectivity index (χ3v) is 3.88. The second-order valence-electron chi connectivity index (χ2n) is 4.88. The monoisotopic (exact) mass is 206 g/mol. The lowest BCUT2D eigenvalue weighted by molar-refractivity contribution is 0.0688. The molecule has 4 heteroatoms. The van der Waals surface area contributed by atoms with E-state index in [9.17, 15) is 4.79 Å². The van der Waals surface area contributed by atoms with Crippen LogP contribution in [0.15, 0.2) is 0 Å². The maximum atomic E-state index is 11.0. The zero-order chi connectivity index (χ0) is 10.6. The molecule has 1 aromatic heterocycles. The Labute approximate surface area is 87.9 Å². The van der Waals surface area contributed by atoms with Crippen LogP contribution in [0, 0.1) is 5.41 Å². The van der Waals surface area contributed by atoms with Gasteiger partial charge in [0, 0.05) is 18.3 Å². The van der Waals surface area contributed by atoms with Crippen molar-refractivity contribution in [2.24, 2.45) is 12.5 Å². The summed E-state index contributed by atoms with van der Waals surface area (Å²) in [5.74, 6) is -0.885. The summed E-state index contributed by atoms with van der Waals surface area (Å²) in [6.07, 6.45) is 5.66. The van der Waals surface area contributed by atoms with Crippen molar-refractivity contribution in [2.45, 2.75) is 32.1 Å². The van der Waals surface area contributed by atoms with Crippen LogP contribution in [0.25, 0.3) is 0 Å². The van der Waals surface area contributed by atoms with Gasteiger partial charge in [-0.3, -0.25) is 4.68 Å². The molecule has 0 amide bonds. The number of carboxylic acids is 1. The van der Waals surface area contributed by atoms with Gasteiger partial charge in [-0.2, -0.15) is 5.10 Å². The smallest absolute Gasteiger partial charge is 0.356 e. The summed E-state index contributed by atoms with van der Waals surface area (Å²) in [6.45, 7) is 0. The van der Waals surface area contributed by atoms with Crippen molar-refractivity contribution in [3.63, 3.8) is 0 Å². The fraction of sp³-hybridized carbons (Fsp3) is 0.636. The Morgan fingerprint density at radius 1 is 1.47 bits per heavy atom. The fourth-order valence-corrected chi connectivity index (χ4v) is 2.72. The zero-order valence-corrected chi connectivity index (χ0v) is 8.79. The highest BCUT2D eigenvalue weighted by molar-refractivity contribution is 5.87. The molecule has 15 heavy (non-hydrogen) atoms. The highest BCUT2D eigenvalue weighted by Gasteiger charge is 2.46. The number of carboxylic acid groups (broad SMARTS) is 1. The molecule has 0 bridgehead atoms. The number of aryl methyl sites for hydroxylation is 1. The summed E-state index contributed by atoms with van der Waals surface area (Å²) in [5, 5.41) is 13.2. The first-order valence-corrected chi connectivity index (χ1v) is 5.39. The van der Waals surface area contributed by atoms with Crippen LogP contribution < -0.4 is 0 Å². The van der Waals surface area contributed by atoms with Gasteiger partial charge in [0.15, 0.2) is 5.69 Å². The van der Waals surface area contributed by atoms with Crippen molar-refractivity contribution in [1.29, 1.82) is 0 Å². The van der Waals surface area contributed by atoms with Crippen LogP contribution >= 0.6 is 0 Å². The average molecular weight is 206 g/mol. The van der Waals surface area contributed by atoms with Crippen LogP contribution in [0.5, 0.6) is 0 Å². The van der Waals surface area contributed by atoms with Crippen LogP contribution in [0.1, 0.15) is 41.0 Å². The Bertz CT molecular complexity index is 444. The van der Waals surface area contributed by atoms with Crippen LogP contribution in [0.2, 0.25) is 0 Å². The van der Waals surface area contributed by atoms with E-state index in [0.29, 0.717) is 5.41 Å². The van der Waals surface area contributed by atoms with Gasteiger partial charge in [0.05, 0.1) is 0 Å². The van der Waals surface area contributed by atoms with Gasteiger partial charge in [0.25, 0.3) is 0 Å². The Balaban J connectivity index is 2.09.